The third-order valence-corrected chi connectivity index (χ3v) is 7.38. The van der Waals surface area contributed by atoms with Crippen LogP contribution in [0.5, 0.6) is 0 Å². The number of carbonyl (C=O) groups excluding carboxylic acids is 1. The monoisotopic (exact) mass is 490 g/mol. The first-order valence-corrected chi connectivity index (χ1v) is 12.5. The molecule has 5 rings (SSSR count). The summed E-state index contributed by atoms with van der Waals surface area (Å²) in [5.74, 6) is 0.762. The molecule has 1 aliphatic heterocycles. The van der Waals surface area contributed by atoms with Gasteiger partial charge in [0.1, 0.15) is 6.33 Å². The Morgan fingerprint density at radius 1 is 1.00 bits per heavy atom. The fourth-order valence-corrected chi connectivity index (χ4v) is 4.90. The lowest BCUT2D eigenvalue weighted by Gasteiger charge is -2.32. The third-order valence-electron chi connectivity index (χ3n) is 7.38. The lowest BCUT2D eigenvalue weighted by atomic mass is 9.91. The number of anilines is 1. The maximum atomic E-state index is 15.5. The summed E-state index contributed by atoms with van der Waals surface area (Å²) in [5.41, 5.74) is 0.360. The van der Waals surface area contributed by atoms with E-state index in [-0.39, 0.29) is 17.8 Å². The first-order chi connectivity index (χ1) is 16.8. The first kappa shape index (κ1) is 24.0. The van der Waals surface area contributed by atoms with Crippen LogP contribution in [0.4, 0.5) is 23.4 Å². The van der Waals surface area contributed by atoms with Crippen LogP contribution in [0.15, 0.2) is 30.6 Å². The van der Waals surface area contributed by atoms with Gasteiger partial charge in [-0.15, -0.1) is 0 Å². The van der Waals surface area contributed by atoms with E-state index in [1.807, 2.05) is 9.80 Å². The first-order valence-electron chi connectivity index (χ1n) is 12.5. The van der Waals surface area contributed by atoms with Crippen molar-refractivity contribution >= 4 is 11.7 Å². The van der Waals surface area contributed by atoms with Gasteiger partial charge in [-0.05, 0) is 75.0 Å². The lowest BCUT2D eigenvalue weighted by Crippen LogP contribution is -2.39. The standard InChI is InChI=1S/C26H30F4N4O/c27-23-22(10-3-17-11-13-33(14-12-17)25(35)19-4-5-19)31-16-32-24(23)34(21-8-9-21)15-18-1-6-20(7-2-18)26(28,29)30/h1-2,6-7,16-17,19,21H,3-5,8-15H2. The molecule has 0 atom stereocenters. The summed E-state index contributed by atoms with van der Waals surface area (Å²) in [6.07, 6.45) is 4.01. The smallest absolute Gasteiger partial charge is 0.347 e. The Bertz CT molecular complexity index is 1040. The minimum Gasteiger partial charge on any atom is -0.347 e. The molecule has 1 aromatic carbocycles. The molecule has 9 heteroatoms. The summed E-state index contributed by atoms with van der Waals surface area (Å²) in [7, 11) is 0. The van der Waals surface area contributed by atoms with Crippen molar-refractivity contribution < 1.29 is 22.4 Å². The average molecular weight is 491 g/mol. The zero-order chi connectivity index (χ0) is 24.6. The molecule has 1 amide bonds. The Morgan fingerprint density at radius 3 is 2.29 bits per heavy atom. The van der Waals surface area contributed by atoms with Crippen molar-refractivity contribution in [2.75, 3.05) is 18.0 Å². The van der Waals surface area contributed by atoms with Gasteiger partial charge < -0.3 is 9.80 Å². The Labute approximate surface area is 202 Å². The van der Waals surface area contributed by atoms with Gasteiger partial charge in [0.25, 0.3) is 0 Å². The van der Waals surface area contributed by atoms with Gasteiger partial charge in [-0.2, -0.15) is 13.2 Å². The molecule has 3 fully saturated rings. The molecule has 35 heavy (non-hydrogen) atoms. The zero-order valence-corrected chi connectivity index (χ0v) is 19.6. The Morgan fingerprint density at radius 2 is 1.69 bits per heavy atom. The molecule has 0 radical (unpaired) electrons. The van der Waals surface area contributed by atoms with E-state index in [1.54, 1.807) is 0 Å². The molecule has 0 unspecified atom stereocenters. The highest BCUT2D eigenvalue weighted by atomic mass is 19.4. The zero-order valence-electron chi connectivity index (χ0n) is 19.6. The summed E-state index contributed by atoms with van der Waals surface area (Å²) < 4.78 is 54.1. The second kappa shape index (κ2) is 9.74. The van der Waals surface area contributed by atoms with Crippen LogP contribution in [0.1, 0.15) is 61.8 Å². The number of likely N-dealkylation sites (tertiary alicyclic amines) is 1. The summed E-state index contributed by atoms with van der Waals surface area (Å²) in [5, 5.41) is 0. The fourth-order valence-electron chi connectivity index (χ4n) is 4.90. The topological polar surface area (TPSA) is 49.3 Å². The molecule has 1 saturated heterocycles. The number of halogens is 4. The summed E-state index contributed by atoms with van der Waals surface area (Å²) >= 11 is 0. The van der Waals surface area contributed by atoms with Crippen molar-refractivity contribution in [2.24, 2.45) is 11.8 Å². The highest BCUT2D eigenvalue weighted by Crippen LogP contribution is 2.36. The quantitative estimate of drug-likeness (QED) is 0.466. The molecule has 2 aliphatic carbocycles. The normalized spacial score (nSPS) is 19.1. The van der Waals surface area contributed by atoms with Gasteiger partial charge in [-0.25, -0.2) is 14.4 Å². The number of aryl methyl sites for hydroxylation is 1. The molecule has 5 nitrogen and oxygen atoms in total. The van der Waals surface area contributed by atoms with E-state index in [4.69, 9.17) is 0 Å². The summed E-state index contributed by atoms with van der Waals surface area (Å²) in [6, 6.07) is 5.14. The van der Waals surface area contributed by atoms with E-state index in [2.05, 4.69) is 9.97 Å². The highest BCUT2D eigenvalue weighted by Gasteiger charge is 2.36. The van der Waals surface area contributed by atoms with E-state index < -0.39 is 17.6 Å². The van der Waals surface area contributed by atoms with Crippen LogP contribution in [0.25, 0.3) is 0 Å². The summed E-state index contributed by atoms with van der Waals surface area (Å²) in [6.45, 7) is 1.85. The second-order valence-corrected chi connectivity index (χ2v) is 10.1. The van der Waals surface area contributed by atoms with Crippen LogP contribution in [-0.2, 0) is 23.9 Å². The van der Waals surface area contributed by atoms with Crippen molar-refractivity contribution in [3.05, 3.63) is 53.2 Å². The van der Waals surface area contributed by atoms with Crippen molar-refractivity contribution in [2.45, 2.75) is 70.1 Å². The van der Waals surface area contributed by atoms with E-state index in [9.17, 15) is 18.0 Å². The van der Waals surface area contributed by atoms with Crippen LogP contribution in [0.2, 0.25) is 0 Å². The van der Waals surface area contributed by atoms with E-state index >= 15 is 4.39 Å². The van der Waals surface area contributed by atoms with E-state index in [1.165, 1.54) is 18.5 Å². The Balaban J connectivity index is 1.21. The predicted molar refractivity (Wildman–Crippen MR) is 123 cm³/mol. The third kappa shape index (κ3) is 5.76. The number of alkyl halides is 3. The van der Waals surface area contributed by atoms with Crippen molar-refractivity contribution in [1.29, 1.82) is 0 Å². The van der Waals surface area contributed by atoms with Crippen molar-refractivity contribution in [3.63, 3.8) is 0 Å². The largest absolute Gasteiger partial charge is 0.416 e. The molecule has 2 heterocycles. The minimum atomic E-state index is -4.38. The Hall–Kier alpha value is -2.71. The highest BCUT2D eigenvalue weighted by molar-refractivity contribution is 5.81. The molecule has 2 aromatic rings. The second-order valence-electron chi connectivity index (χ2n) is 10.1. The molecular formula is C26H30F4N4O. The van der Waals surface area contributed by atoms with E-state index in [0.717, 1.165) is 70.2 Å². The van der Waals surface area contributed by atoms with Gasteiger partial charge in [-0.3, -0.25) is 4.79 Å². The number of carbonyl (C=O) groups is 1. The van der Waals surface area contributed by atoms with Gasteiger partial charge in [-0.1, -0.05) is 12.1 Å². The van der Waals surface area contributed by atoms with Gasteiger partial charge in [0.15, 0.2) is 11.6 Å². The Kier molecular flexibility index (Phi) is 6.68. The number of hydrogen-bond acceptors (Lipinski definition) is 4. The van der Waals surface area contributed by atoms with Crippen LogP contribution in [-0.4, -0.2) is 39.9 Å². The molecular weight excluding hydrogens is 460 g/mol. The number of nitrogens with zero attached hydrogens (tertiary/aromatic N) is 4. The number of aromatic nitrogens is 2. The SMILES string of the molecule is O=C(C1CC1)N1CCC(CCc2ncnc(N(Cc3ccc(C(F)(F)F)cc3)C3CC3)c2F)CC1. The number of rotatable bonds is 8. The fraction of sp³-hybridized carbons (Fsp3) is 0.577. The molecule has 2 saturated carbocycles. The predicted octanol–water partition coefficient (Wildman–Crippen LogP) is 5.38. The maximum Gasteiger partial charge on any atom is 0.416 e. The molecule has 3 aliphatic rings. The van der Waals surface area contributed by atoms with Gasteiger partial charge in [0, 0.05) is 31.6 Å². The molecule has 0 bridgehead atoms. The van der Waals surface area contributed by atoms with Crippen LogP contribution in [0, 0.1) is 17.7 Å². The summed E-state index contributed by atoms with van der Waals surface area (Å²) in [4.78, 5) is 24.5. The molecule has 0 spiro atoms. The number of piperidine rings is 1. The number of amides is 1. The molecule has 1 aromatic heterocycles. The van der Waals surface area contributed by atoms with Crippen LogP contribution in [0.3, 0.4) is 0 Å². The maximum absolute atomic E-state index is 15.5. The van der Waals surface area contributed by atoms with Gasteiger partial charge >= 0.3 is 6.18 Å². The van der Waals surface area contributed by atoms with Crippen LogP contribution < -0.4 is 4.90 Å². The number of benzene rings is 1. The van der Waals surface area contributed by atoms with Gasteiger partial charge in [0.05, 0.1) is 11.3 Å². The minimum absolute atomic E-state index is 0.128. The average Bonchev–Trinajstić information content (AvgIpc) is 3.76. The van der Waals surface area contributed by atoms with Gasteiger partial charge in [0.2, 0.25) is 5.91 Å². The lowest BCUT2D eigenvalue weighted by molar-refractivity contribution is -0.137. The van der Waals surface area contributed by atoms with Crippen LogP contribution >= 0.6 is 0 Å². The van der Waals surface area contributed by atoms with Crippen molar-refractivity contribution in [3.8, 4) is 0 Å². The molecule has 0 N–H and O–H groups in total. The van der Waals surface area contributed by atoms with Crippen molar-refractivity contribution in [1.82, 2.24) is 14.9 Å². The van der Waals surface area contributed by atoms with E-state index in [0.29, 0.717) is 36.0 Å². The molecule has 188 valence electrons. The number of hydrogen-bond donors (Lipinski definition) is 0.